The summed E-state index contributed by atoms with van der Waals surface area (Å²) < 4.78 is 13.2. The van der Waals surface area contributed by atoms with Gasteiger partial charge in [-0.05, 0) is 18.2 Å². The minimum absolute atomic E-state index is 0.0238. The van der Waals surface area contributed by atoms with Crippen LogP contribution in [-0.2, 0) is 14.4 Å². The summed E-state index contributed by atoms with van der Waals surface area (Å²) in [5.41, 5.74) is 5.54. The molecule has 0 radical (unpaired) electrons. The molecule has 1 saturated heterocycles. The number of benzene rings is 1. The van der Waals surface area contributed by atoms with Gasteiger partial charge in [-0.3, -0.25) is 14.4 Å². The molecule has 1 heterocycles. The molecule has 0 aliphatic carbocycles. The van der Waals surface area contributed by atoms with Crippen molar-refractivity contribution in [3.63, 3.8) is 0 Å². The summed E-state index contributed by atoms with van der Waals surface area (Å²) in [6.07, 6.45) is -0.0493. The van der Waals surface area contributed by atoms with Crippen LogP contribution in [0.25, 0.3) is 0 Å². The van der Waals surface area contributed by atoms with Gasteiger partial charge in [0.25, 0.3) is 0 Å². The Hall–Kier alpha value is -1.93. The van der Waals surface area contributed by atoms with Gasteiger partial charge in [0.05, 0.1) is 10.9 Å². The second kappa shape index (κ2) is 6.23. The average Bonchev–Trinajstić information content (AvgIpc) is 2.70. The van der Waals surface area contributed by atoms with Crippen molar-refractivity contribution in [1.82, 2.24) is 0 Å². The van der Waals surface area contributed by atoms with Crippen LogP contribution in [0.3, 0.4) is 0 Å². The van der Waals surface area contributed by atoms with Crippen molar-refractivity contribution in [2.24, 2.45) is 5.73 Å². The van der Waals surface area contributed by atoms with Crippen LogP contribution < -0.4 is 10.6 Å². The Kier molecular flexibility index (Phi) is 4.59. The molecule has 8 heteroatoms. The van der Waals surface area contributed by atoms with E-state index in [1.165, 1.54) is 18.2 Å². The molecule has 6 nitrogen and oxygen atoms in total. The third-order valence-electron chi connectivity index (χ3n) is 2.97. The summed E-state index contributed by atoms with van der Waals surface area (Å²) in [5, 5.41) is 8.00. The molecule has 0 bridgehead atoms. The minimum atomic E-state index is -1.17. The van der Waals surface area contributed by atoms with E-state index in [4.69, 9.17) is 10.8 Å². The maximum Gasteiger partial charge on any atom is 0.321 e. The highest BCUT2D eigenvalue weighted by atomic mass is 32.2. The fraction of sp³-hybridized carbons (Fsp3) is 0.308. The van der Waals surface area contributed by atoms with Crippen LogP contribution in [-0.4, -0.2) is 39.9 Å². The first-order chi connectivity index (χ1) is 9.90. The van der Waals surface area contributed by atoms with Crippen molar-refractivity contribution in [3.8, 4) is 0 Å². The molecule has 1 aliphatic heterocycles. The van der Waals surface area contributed by atoms with Crippen molar-refractivity contribution in [3.05, 3.63) is 30.1 Å². The molecular weight excluding hydrogens is 299 g/mol. The lowest BCUT2D eigenvalue weighted by Gasteiger charge is -2.15. The van der Waals surface area contributed by atoms with E-state index in [1.54, 1.807) is 0 Å². The standard InChI is InChI=1S/C13H13FN2O4S/c14-7-2-1-3-8(4-7)16-11(17)5-10(12(16)18)21-6-9(15)13(19)20/h1-4,9-10H,5-6,15H2,(H,19,20)/t9-,10-/m0/s1. The molecule has 2 rings (SSSR count). The molecule has 0 aromatic heterocycles. The second-order valence-corrected chi connectivity index (χ2v) is 5.75. The highest BCUT2D eigenvalue weighted by molar-refractivity contribution is 8.00. The molecule has 0 unspecified atom stereocenters. The second-order valence-electron chi connectivity index (χ2n) is 4.52. The van der Waals surface area contributed by atoms with Crippen molar-refractivity contribution in [2.45, 2.75) is 17.7 Å². The fourth-order valence-electron chi connectivity index (χ4n) is 1.91. The number of amides is 2. The van der Waals surface area contributed by atoms with E-state index in [9.17, 15) is 18.8 Å². The molecule has 112 valence electrons. The van der Waals surface area contributed by atoms with Gasteiger partial charge in [-0.25, -0.2) is 9.29 Å². The van der Waals surface area contributed by atoms with E-state index in [-0.39, 0.29) is 17.9 Å². The molecular formula is C13H13FN2O4S. The van der Waals surface area contributed by atoms with E-state index < -0.39 is 34.9 Å². The number of carbonyl (C=O) groups is 3. The first kappa shape index (κ1) is 15.5. The summed E-state index contributed by atoms with van der Waals surface area (Å²) in [6.45, 7) is 0. The first-order valence-electron chi connectivity index (χ1n) is 6.12. The maximum absolute atomic E-state index is 13.2. The molecule has 2 atom stereocenters. The lowest BCUT2D eigenvalue weighted by Crippen LogP contribution is -2.35. The first-order valence-corrected chi connectivity index (χ1v) is 7.17. The van der Waals surface area contributed by atoms with Crippen molar-refractivity contribution < 1.29 is 23.9 Å². The summed E-state index contributed by atoms with van der Waals surface area (Å²) in [7, 11) is 0. The predicted octanol–water partition coefficient (Wildman–Crippen LogP) is 0.603. The number of aliphatic carboxylic acids is 1. The number of anilines is 1. The number of carboxylic acids is 1. The Balaban J connectivity index is 2.08. The van der Waals surface area contributed by atoms with E-state index in [1.807, 2.05) is 0 Å². The zero-order valence-electron chi connectivity index (χ0n) is 10.9. The van der Waals surface area contributed by atoms with Gasteiger partial charge in [0.2, 0.25) is 11.8 Å². The molecule has 1 aromatic rings. The van der Waals surface area contributed by atoms with Crippen LogP contribution in [0.2, 0.25) is 0 Å². The number of carbonyl (C=O) groups excluding carboxylic acids is 2. The van der Waals surface area contributed by atoms with E-state index >= 15 is 0 Å². The predicted molar refractivity (Wildman–Crippen MR) is 75.4 cm³/mol. The number of halogens is 1. The molecule has 21 heavy (non-hydrogen) atoms. The number of thioether (sulfide) groups is 1. The van der Waals surface area contributed by atoms with Gasteiger partial charge in [-0.1, -0.05) is 6.07 Å². The van der Waals surface area contributed by atoms with Gasteiger partial charge in [0.1, 0.15) is 11.9 Å². The van der Waals surface area contributed by atoms with Crippen molar-refractivity contribution >= 4 is 35.2 Å². The van der Waals surface area contributed by atoms with Gasteiger partial charge in [-0.15, -0.1) is 11.8 Å². The Bertz CT molecular complexity index is 595. The summed E-state index contributed by atoms with van der Waals surface area (Å²) in [4.78, 5) is 35.6. The van der Waals surface area contributed by atoms with E-state index in [0.717, 1.165) is 22.7 Å². The lowest BCUT2D eigenvalue weighted by molar-refractivity contribution is -0.138. The van der Waals surface area contributed by atoms with Crippen LogP contribution in [0.15, 0.2) is 24.3 Å². The van der Waals surface area contributed by atoms with E-state index in [0.29, 0.717) is 0 Å². The molecule has 0 spiro atoms. The number of hydrogen-bond donors (Lipinski definition) is 2. The molecule has 1 aliphatic rings. The highest BCUT2D eigenvalue weighted by Gasteiger charge is 2.40. The number of carboxylic acid groups (broad SMARTS) is 1. The SMILES string of the molecule is N[C@@H](CS[C@H]1CC(=O)N(c2cccc(F)c2)C1=O)C(=O)O. The van der Waals surface area contributed by atoms with Gasteiger partial charge in [0, 0.05) is 12.2 Å². The number of nitrogens with zero attached hydrogens (tertiary/aromatic N) is 1. The van der Waals surface area contributed by atoms with Gasteiger partial charge in [0.15, 0.2) is 0 Å². The third-order valence-corrected chi connectivity index (χ3v) is 4.29. The quantitative estimate of drug-likeness (QED) is 0.772. The molecule has 3 N–H and O–H groups in total. The molecule has 2 amide bonds. The molecule has 1 fully saturated rings. The minimum Gasteiger partial charge on any atom is -0.480 e. The Morgan fingerprint density at radius 1 is 1.52 bits per heavy atom. The van der Waals surface area contributed by atoms with Crippen LogP contribution in [0.4, 0.5) is 10.1 Å². The maximum atomic E-state index is 13.2. The molecule has 1 aromatic carbocycles. The van der Waals surface area contributed by atoms with Crippen molar-refractivity contribution in [2.75, 3.05) is 10.7 Å². The van der Waals surface area contributed by atoms with Crippen LogP contribution >= 0.6 is 11.8 Å². The zero-order valence-corrected chi connectivity index (χ0v) is 11.7. The fourth-order valence-corrected chi connectivity index (χ4v) is 3.00. The average molecular weight is 312 g/mol. The highest BCUT2D eigenvalue weighted by Crippen LogP contribution is 2.30. The summed E-state index contributed by atoms with van der Waals surface area (Å²) in [5.74, 6) is -2.60. The largest absolute Gasteiger partial charge is 0.480 e. The molecule has 0 saturated carbocycles. The van der Waals surface area contributed by atoms with Gasteiger partial charge < -0.3 is 10.8 Å². The monoisotopic (exact) mass is 312 g/mol. The smallest absolute Gasteiger partial charge is 0.321 e. The van der Waals surface area contributed by atoms with Crippen LogP contribution in [0.5, 0.6) is 0 Å². The Morgan fingerprint density at radius 2 is 2.24 bits per heavy atom. The summed E-state index contributed by atoms with van der Waals surface area (Å²) >= 11 is 1.02. The number of hydrogen-bond acceptors (Lipinski definition) is 5. The van der Waals surface area contributed by atoms with Crippen molar-refractivity contribution in [1.29, 1.82) is 0 Å². The number of imide groups is 1. The topological polar surface area (TPSA) is 101 Å². The number of nitrogens with two attached hydrogens (primary N) is 1. The third kappa shape index (κ3) is 3.40. The summed E-state index contributed by atoms with van der Waals surface area (Å²) in [6, 6.07) is 4.10. The van der Waals surface area contributed by atoms with Crippen LogP contribution in [0.1, 0.15) is 6.42 Å². The normalized spacial score (nSPS) is 19.9. The zero-order chi connectivity index (χ0) is 15.6. The Labute approximate surface area is 124 Å². The lowest BCUT2D eigenvalue weighted by atomic mass is 10.3. The van der Waals surface area contributed by atoms with Gasteiger partial charge >= 0.3 is 5.97 Å². The van der Waals surface area contributed by atoms with Gasteiger partial charge in [-0.2, -0.15) is 0 Å². The number of rotatable bonds is 5. The van der Waals surface area contributed by atoms with Crippen LogP contribution in [0, 0.1) is 5.82 Å². The van der Waals surface area contributed by atoms with E-state index in [2.05, 4.69) is 0 Å². The Morgan fingerprint density at radius 3 is 2.86 bits per heavy atom.